The SMILES string of the molecule is COCCC(C)(N)CC1CCCO1. The third-order valence-corrected chi connectivity index (χ3v) is 2.60. The second kappa shape index (κ2) is 4.94. The number of hydrogen-bond acceptors (Lipinski definition) is 3. The number of hydrogen-bond donors (Lipinski definition) is 1. The van der Waals surface area contributed by atoms with Crippen LogP contribution < -0.4 is 5.73 Å². The van der Waals surface area contributed by atoms with Crippen LogP contribution in [0.3, 0.4) is 0 Å². The lowest BCUT2D eigenvalue weighted by Crippen LogP contribution is -2.40. The van der Waals surface area contributed by atoms with Crippen LogP contribution in [0.25, 0.3) is 0 Å². The lowest BCUT2D eigenvalue weighted by Gasteiger charge is -2.27. The van der Waals surface area contributed by atoms with Crippen LogP contribution in [-0.2, 0) is 9.47 Å². The van der Waals surface area contributed by atoms with E-state index in [1.165, 1.54) is 12.8 Å². The minimum absolute atomic E-state index is 0.134. The topological polar surface area (TPSA) is 44.5 Å². The van der Waals surface area contributed by atoms with Crippen LogP contribution >= 0.6 is 0 Å². The lowest BCUT2D eigenvalue weighted by atomic mass is 9.91. The highest BCUT2D eigenvalue weighted by molar-refractivity contribution is 4.83. The zero-order chi connectivity index (χ0) is 9.73. The first-order valence-corrected chi connectivity index (χ1v) is 5.03. The van der Waals surface area contributed by atoms with E-state index in [1.807, 2.05) is 0 Å². The standard InChI is InChI=1S/C10H21NO2/c1-10(11,5-7-12-2)8-9-4-3-6-13-9/h9H,3-8,11H2,1-2H3. The van der Waals surface area contributed by atoms with Gasteiger partial charge in [0.25, 0.3) is 0 Å². The molecule has 0 amide bonds. The molecule has 1 aliphatic rings. The van der Waals surface area contributed by atoms with Crippen LogP contribution in [0.2, 0.25) is 0 Å². The highest BCUT2D eigenvalue weighted by Gasteiger charge is 2.26. The van der Waals surface area contributed by atoms with Crippen LogP contribution in [0, 0.1) is 0 Å². The molecule has 2 atom stereocenters. The van der Waals surface area contributed by atoms with Gasteiger partial charge in [-0.1, -0.05) is 0 Å². The molecule has 0 aromatic carbocycles. The summed E-state index contributed by atoms with van der Waals surface area (Å²) in [6.07, 6.45) is 4.59. The van der Waals surface area contributed by atoms with Crippen LogP contribution in [-0.4, -0.2) is 32.0 Å². The van der Waals surface area contributed by atoms with Crippen molar-refractivity contribution in [1.29, 1.82) is 0 Å². The fourth-order valence-corrected chi connectivity index (χ4v) is 1.76. The predicted molar refractivity (Wildman–Crippen MR) is 52.7 cm³/mol. The number of methoxy groups -OCH3 is 1. The molecule has 0 aromatic heterocycles. The van der Waals surface area contributed by atoms with Gasteiger partial charge in [-0.25, -0.2) is 0 Å². The van der Waals surface area contributed by atoms with Gasteiger partial charge in [-0.05, 0) is 32.6 Å². The van der Waals surface area contributed by atoms with Gasteiger partial charge in [-0.15, -0.1) is 0 Å². The molecule has 0 bridgehead atoms. The van der Waals surface area contributed by atoms with Crippen LogP contribution in [0.4, 0.5) is 0 Å². The average Bonchev–Trinajstić information content (AvgIpc) is 2.52. The van der Waals surface area contributed by atoms with Gasteiger partial charge in [0.15, 0.2) is 0 Å². The van der Waals surface area contributed by atoms with Gasteiger partial charge in [-0.3, -0.25) is 0 Å². The fourth-order valence-electron chi connectivity index (χ4n) is 1.76. The van der Waals surface area contributed by atoms with Gasteiger partial charge < -0.3 is 15.2 Å². The van der Waals surface area contributed by atoms with E-state index in [0.717, 1.165) is 26.1 Å². The molecule has 0 radical (unpaired) electrons. The molecule has 1 rings (SSSR count). The Labute approximate surface area is 80.6 Å². The minimum Gasteiger partial charge on any atom is -0.385 e. The van der Waals surface area contributed by atoms with Crippen molar-refractivity contribution >= 4 is 0 Å². The summed E-state index contributed by atoms with van der Waals surface area (Å²) in [4.78, 5) is 0. The Bertz CT molecular complexity index is 142. The van der Waals surface area contributed by atoms with Gasteiger partial charge in [-0.2, -0.15) is 0 Å². The molecule has 3 heteroatoms. The fraction of sp³-hybridized carbons (Fsp3) is 1.00. The largest absolute Gasteiger partial charge is 0.385 e. The minimum atomic E-state index is -0.134. The molecule has 0 aliphatic carbocycles. The number of rotatable bonds is 5. The zero-order valence-corrected chi connectivity index (χ0v) is 8.71. The van der Waals surface area contributed by atoms with Gasteiger partial charge in [0.2, 0.25) is 0 Å². The summed E-state index contributed by atoms with van der Waals surface area (Å²) >= 11 is 0. The zero-order valence-electron chi connectivity index (χ0n) is 8.71. The van der Waals surface area contributed by atoms with E-state index in [0.29, 0.717) is 6.10 Å². The third-order valence-electron chi connectivity index (χ3n) is 2.60. The summed E-state index contributed by atoms with van der Waals surface area (Å²) in [5, 5.41) is 0. The molecule has 2 N–H and O–H groups in total. The average molecular weight is 187 g/mol. The predicted octanol–water partition coefficient (Wildman–Crippen LogP) is 1.31. The van der Waals surface area contributed by atoms with E-state index in [9.17, 15) is 0 Å². The van der Waals surface area contributed by atoms with Crippen molar-refractivity contribution in [2.75, 3.05) is 20.3 Å². The monoisotopic (exact) mass is 187 g/mol. The molecular formula is C10H21NO2. The maximum atomic E-state index is 6.12. The summed E-state index contributed by atoms with van der Waals surface area (Å²) in [5.41, 5.74) is 5.99. The Kier molecular flexibility index (Phi) is 4.16. The van der Waals surface area contributed by atoms with Crippen molar-refractivity contribution < 1.29 is 9.47 Å². The van der Waals surface area contributed by atoms with Crippen molar-refractivity contribution in [2.24, 2.45) is 5.73 Å². The van der Waals surface area contributed by atoms with Crippen molar-refractivity contribution in [3.63, 3.8) is 0 Å². The second-order valence-corrected chi connectivity index (χ2v) is 4.24. The summed E-state index contributed by atoms with van der Waals surface area (Å²) < 4.78 is 10.6. The maximum Gasteiger partial charge on any atom is 0.0593 e. The number of nitrogens with two attached hydrogens (primary N) is 1. The Morgan fingerprint density at radius 3 is 2.92 bits per heavy atom. The summed E-state index contributed by atoms with van der Waals surface area (Å²) in [6.45, 7) is 3.72. The maximum absolute atomic E-state index is 6.12. The van der Waals surface area contributed by atoms with Crippen LogP contribution in [0.1, 0.15) is 32.6 Å². The Hall–Kier alpha value is -0.120. The molecule has 1 heterocycles. The summed E-state index contributed by atoms with van der Waals surface area (Å²) in [6, 6.07) is 0. The molecule has 1 saturated heterocycles. The van der Waals surface area contributed by atoms with Crippen molar-refractivity contribution in [3.8, 4) is 0 Å². The Balaban J connectivity index is 2.23. The summed E-state index contributed by atoms with van der Waals surface area (Å²) in [7, 11) is 1.71. The third kappa shape index (κ3) is 4.07. The van der Waals surface area contributed by atoms with Gasteiger partial charge >= 0.3 is 0 Å². The second-order valence-electron chi connectivity index (χ2n) is 4.24. The lowest BCUT2D eigenvalue weighted by molar-refractivity contribution is 0.0768. The first-order chi connectivity index (χ1) is 6.14. The molecule has 0 spiro atoms. The quantitative estimate of drug-likeness (QED) is 0.705. The number of ether oxygens (including phenoxy) is 2. The van der Waals surface area contributed by atoms with Crippen molar-refractivity contribution in [3.05, 3.63) is 0 Å². The molecule has 2 unspecified atom stereocenters. The van der Waals surface area contributed by atoms with E-state index < -0.39 is 0 Å². The normalized spacial score (nSPS) is 27.5. The first-order valence-electron chi connectivity index (χ1n) is 5.03. The van der Waals surface area contributed by atoms with Gasteiger partial charge in [0, 0.05) is 25.9 Å². The van der Waals surface area contributed by atoms with E-state index in [1.54, 1.807) is 7.11 Å². The van der Waals surface area contributed by atoms with Gasteiger partial charge in [0.05, 0.1) is 6.10 Å². The highest BCUT2D eigenvalue weighted by atomic mass is 16.5. The van der Waals surface area contributed by atoms with E-state index in [2.05, 4.69) is 6.92 Å². The van der Waals surface area contributed by atoms with E-state index in [-0.39, 0.29) is 5.54 Å². The summed E-state index contributed by atoms with van der Waals surface area (Å²) in [5.74, 6) is 0. The Morgan fingerprint density at radius 1 is 1.62 bits per heavy atom. The smallest absolute Gasteiger partial charge is 0.0593 e. The van der Waals surface area contributed by atoms with Crippen molar-refractivity contribution in [2.45, 2.75) is 44.2 Å². The molecule has 1 aliphatic heterocycles. The molecule has 78 valence electrons. The molecular weight excluding hydrogens is 166 g/mol. The molecule has 3 nitrogen and oxygen atoms in total. The van der Waals surface area contributed by atoms with E-state index in [4.69, 9.17) is 15.2 Å². The Morgan fingerprint density at radius 2 is 2.38 bits per heavy atom. The van der Waals surface area contributed by atoms with Crippen LogP contribution in [0.15, 0.2) is 0 Å². The van der Waals surface area contributed by atoms with Crippen molar-refractivity contribution in [1.82, 2.24) is 0 Å². The first kappa shape index (κ1) is 11.0. The highest BCUT2D eigenvalue weighted by Crippen LogP contribution is 2.22. The molecule has 1 fully saturated rings. The molecule has 0 aromatic rings. The molecule has 13 heavy (non-hydrogen) atoms. The van der Waals surface area contributed by atoms with E-state index >= 15 is 0 Å². The molecule has 0 saturated carbocycles. The van der Waals surface area contributed by atoms with Gasteiger partial charge in [0.1, 0.15) is 0 Å². The van der Waals surface area contributed by atoms with Crippen LogP contribution in [0.5, 0.6) is 0 Å².